The first kappa shape index (κ1) is 12.1. The molecule has 1 aromatic heterocycles. The average Bonchev–Trinajstić information content (AvgIpc) is 2.71. The zero-order valence-electron chi connectivity index (χ0n) is 10.6. The Hall–Kier alpha value is -1.36. The normalized spacial score (nSPS) is 19.8. The molecule has 0 unspecified atom stereocenters. The molecular weight excluding hydrogens is 218 g/mol. The third-order valence-corrected chi connectivity index (χ3v) is 2.82. The molecule has 0 saturated heterocycles. The van der Waals surface area contributed by atoms with E-state index in [1.54, 1.807) is 6.20 Å². The number of imidazole rings is 1. The first-order valence-corrected chi connectivity index (χ1v) is 5.87. The van der Waals surface area contributed by atoms with E-state index in [2.05, 4.69) is 14.9 Å². The van der Waals surface area contributed by atoms with Gasteiger partial charge in [0.05, 0.1) is 12.6 Å². The molecular formula is C12H19N3O2. The van der Waals surface area contributed by atoms with Crippen LogP contribution >= 0.6 is 0 Å². The summed E-state index contributed by atoms with van der Waals surface area (Å²) in [6.07, 6.45) is 3.74. The van der Waals surface area contributed by atoms with Gasteiger partial charge in [0, 0.05) is 24.4 Å². The largest absolute Gasteiger partial charge is 0.367 e. The molecule has 0 radical (unpaired) electrons. The summed E-state index contributed by atoms with van der Waals surface area (Å²) in [6.45, 7) is 7.52. The van der Waals surface area contributed by atoms with Crippen molar-refractivity contribution in [2.24, 2.45) is 5.41 Å². The Morgan fingerprint density at radius 3 is 3.12 bits per heavy atom. The number of rotatable bonds is 2. The van der Waals surface area contributed by atoms with Crippen molar-refractivity contribution < 1.29 is 9.53 Å². The fraction of sp³-hybridized carbons (Fsp3) is 0.667. The highest BCUT2D eigenvalue weighted by atomic mass is 16.5. The van der Waals surface area contributed by atoms with Crippen molar-refractivity contribution in [1.29, 1.82) is 0 Å². The maximum absolute atomic E-state index is 11.7. The van der Waals surface area contributed by atoms with Crippen LogP contribution in [0.15, 0.2) is 12.4 Å². The standard InChI is InChI=1S/C12H19N3O2/c1-12(2,3)11(16)14-6-9-7-15-5-4-13-10(15)8-17-9/h4-5,9H,6-8H2,1-3H3,(H,14,16)/t9-/m0/s1. The van der Waals surface area contributed by atoms with E-state index in [1.807, 2.05) is 27.0 Å². The Balaban J connectivity index is 1.85. The number of amides is 1. The lowest BCUT2D eigenvalue weighted by molar-refractivity contribution is -0.129. The Bertz CT molecular complexity index is 406. The van der Waals surface area contributed by atoms with E-state index in [0.29, 0.717) is 13.2 Å². The summed E-state index contributed by atoms with van der Waals surface area (Å²) in [6, 6.07) is 0. The number of hydrogen-bond donors (Lipinski definition) is 1. The first-order valence-electron chi connectivity index (χ1n) is 5.87. The average molecular weight is 237 g/mol. The molecule has 0 aliphatic carbocycles. The number of nitrogens with one attached hydrogen (secondary N) is 1. The van der Waals surface area contributed by atoms with Crippen LogP contribution in [-0.2, 0) is 22.7 Å². The van der Waals surface area contributed by atoms with Crippen LogP contribution in [0.25, 0.3) is 0 Å². The van der Waals surface area contributed by atoms with E-state index in [9.17, 15) is 4.79 Å². The van der Waals surface area contributed by atoms with E-state index in [0.717, 1.165) is 12.4 Å². The second kappa shape index (κ2) is 4.49. The highest BCUT2D eigenvalue weighted by molar-refractivity contribution is 5.81. The van der Waals surface area contributed by atoms with E-state index in [4.69, 9.17) is 4.74 Å². The molecule has 5 heteroatoms. The summed E-state index contributed by atoms with van der Waals surface area (Å²) in [5, 5.41) is 2.92. The van der Waals surface area contributed by atoms with Crippen LogP contribution in [0.2, 0.25) is 0 Å². The van der Waals surface area contributed by atoms with Gasteiger partial charge in [-0.3, -0.25) is 4.79 Å². The van der Waals surface area contributed by atoms with Crippen LogP contribution in [0.1, 0.15) is 26.6 Å². The molecule has 0 saturated carbocycles. The molecule has 17 heavy (non-hydrogen) atoms. The molecule has 0 bridgehead atoms. The minimum atomic E-state index is -0.352. The van der Waals surface area contributed by atoms with Crippen LogP contribution in [0.4, 0.5) is 0 Å². The van der Waals surface area contributed by atoms with Crippen molar-refractivity contribution >= 4 is 5.91 Å². The van der Waals surface area contributed by atoms with Crippen LogP contribution in [0.3, 0.4) is 0 Å². The van der Waals surface area contributed by atoms with Crippen molar-refractivity contribution in [2.75, 3.05) is 6.54 Å². The van der Waals surface area contributed by atoms with Crippen molar-refractivity contribution in [3.63, 3.8) is 0 Å². The maximum Gasteiger partial charge on any atom is 0.225 e. The van der Waals surface area contributed by atoms with Crippen molar-refractivity contribution in [2.45, 2.75) is 40.0 Å². The minimum Gasteiger partial charge on any atom is -0.367 e. The third kappa shape index (κ3) is 2.85. The van der Waals surface area contributed by atoms with Gasteiger partial charge in [-0.15, -0.1) is 0 Å². The molecule has 1 aliphatic heterocycles. The van der Waals surface area contributed by atoms with Gasteiger partial charge in [-0.25, -0.2) is 4.98 Å². The Kier molecular flexibility index (Phi) is 3.19. The third-order valence-electron chi connectivity index (χ3n) is 2.82. The highest BCUT2D eigenvalue weighted by Gasteiger charge is 2.24. The lowest BCUT2D eigenvalue weighted by Crippen LogP contribution is -2.42. The molecule has 1 atom stereocenters. The molecule has 5 nitrogen and oxygen atoms in total. The van der Waals surface area contributed by atoms with Gasteiger partial charge in [0.25, 0.3) is 0 Å². The number of carbonyl (C=O) groups excluding carboxylic acids is 1. The molecule has 1 aliphatic rings. The monoisotopic (exact) mass is 237 g/mol. The van der Waals surface area contributed by atoms with Gasteiger partial charge in [-0.2, -0.15) is 0 Å². The van der Waals surface area contributed by atoms with E-state index in [1.165, 1.54) is 0 Å². The van der Waals surface area contributed by atoms with Gasteiger partial charge in [-0.05, 0) is 0 Å². The van der Waals surface area contributed by atoms with Crippen LogP contribution in [0, 0.1) is 5.41 Å². The summed E-state index contributed by atoms with van der Waals surface area (Å²) >= 11 is 0. The zero-order chi connectivity index (χ0) is 12.5. The molecule has 0 aromatic carbocycles. The molecule has 1 aromatic rings. The van der Waals surface area contributed by atoms with Crippen LogP contribution in [-0.4, -0.2) is 28.1 Å². The molecule has 2 heterocycles. The number of fused-ring (bicyclic) bond motifs is 1. The van der Waals surface area contributed by atoms with Crippen molar-refractivity contribution in [3.8, 4) is 0 Å². The quantitative estimate of drug-likeness (QED) is 0.833. The number of carbonyl (C=O) groups is 1. The van der Waals surface area contributed by atoms with Gasteiger partial charge >= 0.3 is 0 Å². The van der Waals surface area contributed by atoms with Crippen LogP contribution in [0.5, 0.6) is 0 Å². The summed E-state index contributed by atoms with van der Waals surface area (Å²) in [5.74, 6) is 1.00. The van der Waals surface area contributed by atoms with E-state index >= 15 is 0 Å². The SMILES string of the molecule is CC(C)(C)C(=O)NC[C@H]1Cn2ccnc2CO1. The number of ether oxygens (including phenoxy) is 1. The topological polar surface area (TPSA) is 56.2 Å². The molecule has 0 fully saturated rings. The number of hydrogen-bond acceptors (Lipinski definition) is 3. The van der Waals surface area contributed by atoms with Crippen molar-refractivity contribution in [1.82, 2.24) is 14.9 Å². The summed E-state index contributed by atoms with van der Waals surface area (Å²) in [5.41, 5.74) is -0.352. The second-order valence-corrected chi connectivity index (χ2v) is 5.39. The summed E-state index contributed by atoms with van der Waals surface area (Å²) < 4.78 is 7.69. The van der Waals surface area contributed by atoms with Gasteiger partial charge in [0.15, 0.2) is 0 Å². The molecule has 1 N–H and O–H groups in total. The van der Waals surface area contributed by atoms with E-state index in [-0.39, 0.29) is 17.4 Å². The lowest BCUT2D eigenvalue weighted by atomic mass is 9.96. The van der Waals surface area contributed by atoms with Crippen molar-refractivity contribution in [3.05, 3.63) is 18.2 Å². The van der Waals surface area contributed by atoms with Crippen LogP contribution < -0.4 is 5.32 Å². The Morgan fingerprint density at radius 1 is 1.65 bits per heavy atom. The molecule has 1 amide bonds. The molecule has 2 rings (SSSR count). The predicted molar refractivity (Wildman–Crippen MR) is 63.3 cm³/mol. The lowest BCUT2D eigenvalue weighted by Gasteiger charge is -2.26. The number of nitrogens with zero attached hydrogens (tertiary/aromatic N) is 2. The van der Waals surface area contributed by atoms with Gasteiger partial charge in [0.1, 0.15) is 12.4 Å². The Labute approximate surface area is 101 Å². The fourth-order valence-corrected chi connectivity index (χ4v) is 1.71. The fourth-order valence-electron chi connectivity index (χ4n) is 1.71. The van der Waals surface area contributed by atoms with E-state index < -0.39 is 0 Å². The summed E-state index contributed by atoms with van der Waals surface area (Å²) in [4.78, 5) is 15.9. The molecule has 0 spiro atoms. The summed E-state index contributed by atoms with van der Waals surface area (Å²) in [7, 11) is 0. The van der Waals surface area contributed by atoms with Gasteiger partial charge < -0.3 is 14.6 Å². The second-order valence-electron chi connectivity index (χ2n) is 5.39. The Morgan fingerprint density at radius 2 is 2.41 bits per heavy atom. The number of aromatic nitrogens is 2. The first-order chi connectivity index (χ1) is 7.97. The zero-order valence-corrected chi connectivity index (χ0v) is 10.6. The predicted octanol–water partition coefficient (Wildman–Crippen LogP) is 0.944. The highest BCUT2D eigenvalue weighted by Crippen LogP contribution is 2.14. The molecule has 94 valence electrons. The smallest absolute Gasteiger partial charge is 0.225 e. The maximum atomic E-state index is 11.7. The van der Waals surface area contributed by atoms with Gasteiger partial charge in [0.2, 0.25) is 5.91 Å². The van der Waals surface area contributed by atoms with Gasteiger partial charge in [-0.1, -0.05) is 20.8 Å². The minimum absolute atomic E-state index is 0.0306.